The Bertz CT molecular complexity index is 250. The smallest absolute Gasteiger partial charge is 0.155 e. The number of rotatable bonds is 3. The monoisotopic (exact) mass is 167 g/mol. The van der Waals surface area contributed by atoms with E-state index in [1.54, 1.807) is 6.20 Å². The lowest BCUT2D eigenvalue weighted by atomic mass is 10.2. The Balaban J connectivity index is 2.69. The Labute approximate surface area is 67.9 Å². The highest BCUT2D eigenvalue weighted by Crippen LogP contribution is 2.06. The van der Waals surface area contributed by atoms with E-state index in [0.29, 0.717) is 6.16 Å². The lowest BCUT2D eigenvalue weighted by molar-refractivity contribution is 0.598. The topological polar surface area (TPSA) is 30.0 Å². The first-order valence-electron chi connectivity index (χ1n) is 3.54. The first kappa shape index (κ1) is 8.35. The predicted octanol–water partition coefficient (Wildman–Crippen LogP) is 2.22. The van der Waals surface area contributed by atoms with Crippen LogP contribution in [0.3, 0.4) is 0 Å². The van der Waals surface area contributed by atoms with Gasteiger partial charge in [0.25, 0.3) is 0 Å². The highest BCUT2D eigenvalue weighted by Gasteiger charge is 1.96. The number of nitrogens with zero attached hydrogens (tertiary/aromatic N) is 1. The van der Waals surface area contributed by atoms with Gasteiger partial charge in [0.2, 0.25) is 0 Å². The van der Waals surface area contributed by atoms with Gasteiger partial charge in [0.1, 0.15) is 0 Å². The number of aromatic nitrogens is 1. The maximum atomic E-state index is 10.2. The summed E-state index contributed by atoms with van der Waals surface area (Å²) in [5, 5.41) is 0. The number of hydrogen-bond acceptors (Lipinski definition) is 2. The normalized spacial score (nSPS) is 10.3. The molecule has 1 aromatic rings. The summed E-state index contributed by atoms with van der Waals surface area (Å²) in [4.78, 5) is 4.17. The Morgan fingerprint density at radius 1 is 1.64 bits per heavy atom. The molecule has 1 heterocycles. The summed E-state index contributed by atoms with van der Waals surface area (Å²) in [6, 6.07) is 3.93. The van der Waals surface area contributed by atoms with Crippen LogP contribution in [-0.4, -0.2) is 11.1 Å². The Kier molecular flexibility index (Phi) is 3.18. The third kappa shape index (κ3) is 2.39. The average molecular weight is 167 g/mol. The van der Waals surface area contributed by atoms with Gasteiger partial charge in [-0.15, -0.1) is 0 Å². The summed E-state index contributed by atoms with van der Waals surface area (Å²) in [5.74, 6) is 0. The average Bonchev–Trinajstić information content (AvgIpc) is 2.03. The van der Waals surface area contributed by atoms with Gasteiger partial charge in [-0.25, -0.2) is 0 Å². The van der Waals surface area contributed by atoms with Gasteiger partial charge in [-0.1, -0.05) is 6.07 Å². The van der Waals surface area contributed by atoms with Gasteiger partial charge in [0.05, 0.1) is 0 Å². The van der Waals surface area contributed by atoms with Crippen LogP contribution in [0.1, 0.15) is 11.3 Å². The minimum Gasteiger partial charge on any atom is -0.275 e. The molecule has 0 aromatic carbocycles. The zero-order valence-electron chi connectivity index (χ0n) is 6.45. The molecule has 0 atom stereocenters. The van der Waals surface area contributed by atoms with E-state index in [2.05, 4.69) is 4.98 Å². The highest BCUT2D eigenvalue weighted by molar-refractivity contribution is 7.23. The minimum absolute atomic E-state index is 0.202. The summed E-state index contributed by atoms with van der Waals surface area (Å²) in [7, 11) is 0.202. The van der Waals surface area contributed by atoms with Crippen LogP contribution in [0.4, 0.5) is 0 Å². The molecule has 0 unspecified atom stereocenters. The number of hydrogen-bond donors (Lipinski definition) is 0. The standard InChI is InChI=1S/C8H10NOP/c1-7-3-2-5-9-8(7)4-6-11-10/h2-3,5H,4,6H2,1H3. The van der Waals surface area contributed by atoms with E-state index in [1.807, 2.05) is 19.1 Å². The maximum absolute atomic E-state index is 10.2. The number of pyridine rings is 1. The summed E-state index contributed by atoms with van der Waals surface area (Å²) < 4.78 is 10.2. The molecule has 3 heteroatoms. The molecule has 2 nitrogen and oxygen atoms in total. The van der Waals surface area contributed by atoms with Crippen LogP contribution in [0.5, 0.6) is 0 Å². The van der Waals surface area contributed by atoms with Crippen molar-refractivity contribution in [1.29, 1.82) is 0 Å². The molecule has 1 rings (SSSR count). The molecule has 0 saturated heterocycles. The Morgan fingerprint density at radius 3 is 3.09 bits per heavy atom. The zero-order valence-corrected chi connectivity index (χ0v) is 7.34. The van der Waals surface area contributed by atoms with Gasteiger partial charge in [0.15, 0.2) is 8.46 Å². The largest absolute Gasteiger partial charge is 0.275 e. The van der Waals surface area contributed by atoms with Crippen LogP contribution >= 0.6 is 8.46 Å². The second-order valence-electron chi connectivity index (χ2n) is 2.37. The second kappa shape index (κ2) is 4.20. The summed E-state index contributed by atoms with van der Waals surface area (Å²) >= 11 is 0. The van der Waals surface area contributed by atoms with E-state index in [0.717, 1.165) is 12.1 Å². The van der Waals surface area contributed by atoms with Crippen LogP contribution in [-0.2, 0) is 11.0 Å². The van der Waals surface area contributed by atoms with Crippen molar-refractivity contribution in [1.82, 2.24) is 4.98 Å². The van der Waals surface area contributed by atoms with Gasteiger partial charge in [-0.05, 0) is 18.6 Å². The molecule has 0 saturated carbocycles. The summed E-state index contributed by atoms with van der Waals surface area (Å²) in [5.41, 5.74) is 2.23. The Hall–Kier alpha value is -0.750. The van der Waals surface area contributed by atoms with E-state index >= 15 is 0 Å². The quantitative estimate of drug-likeness (QED) is 0.646. The van der Waals surface area contributed by atoms with Crippen LogP contribution in [0, 0.1) is 6.92 Å². The molecular weight excluding hydrogens is 157 g/mol. The third-order valence-electron chi connectivity index (χ3n) is 1.56. The van der Waals surface area contributed by atoms with Crippen LogP contribution in [0.2, 0.25) is 0 Å². The molecule has 58 valence electrons. The highest BCUT2D eigenvalue weighted by atomic mass is 31.1. The molecule has 0 aliphatic carbocycles. The van der Waals surface area contributed by atoms with Crippen molar-refractivity contribution in [2.24, 2.45) is 0 Å². The van der Waals surface area contributed by atoms with Crippen LogP contribution in [0.15, 0.2) is 18.3 Å². The minimum atomic E-state index is 0.202. The van der Waals surface area contributed by atoms with Gasteiger partial charge in [0, 0.05) is 24.5 Å². The van der Waals surface area contributed by atoms with Crippen LogP contribution in [0.25, 0.3) is 0 Å². The molecular formula is C8H10NOP. The van der Waals surface area contributed by atoms with E-state index in [9.17, 15) is 4.57 Å². The molecule has 0 spiro atoms. The van der Waals surface area contributed by atoms with E-state index in [1.165, 1.54) is 5.56 Å². The van der Waals surface area contributed by atoms with Crippen molar-refractivity contribution in [2.75, 3.05) is 6.16 Å². The molecule has 0 bridgehead atoms. The van der Waals surface area contributed by atoms with Crippen molar-refractivity contribution in [3.8, 4) is 0 Å². The molecule has 0 fully saturated rings. The van der Waals surface area contributed by atoms with Crippen molar-refractivity contribution < 1.29 is 4.57 Å². The van der Waals surface area contributed by atoms with Gasteiger partial charge < -0.3 is 0 Å². The number of aryl methyl sites for hydroxylation is 2. The summed E-state index contributed by atoms with van der Waals surface area (Å²) in [6.07, 6.45) is 3.24. The fraction of sp³-hybridized carbons (Fsp3) is 0.375. The van der Waals surface area contributed by atoms with E-state index < -0.39 is 0 Å². The molecule has 1 aromatic heterocycles. The van der Waals surface area contributed by atoms with Gasteiger partial charge >= 0.3 is 0 Å². The van der Waals surface area contributed by atoms with Crippen molar-refractivity contribution in [3.05, 3.63) is 29.6 Å². The first-order valence-corrected chi connectivity index (χ1v) is 4.54. The van der Waals surface area contributed by atoms with Gasteiger partial charge in [-0.3, -0.25) is 9.55 Å². The molecule has 0 aliphatic rings. The summed E-state index contributed by atoms with van der Waals surface area (Å²) in [6.45, 7) is 2.02. The zero-order chi connectivity index (χ0) is 8.10. The van der Waals surface area contributed by atoms with Gasteiger partial charge in [-0.2, -0.15) is 0 Å². The molecule has 0 radical (unpaired) electrons. The second-order valence-corrected chi connectivity index (χ2v) is 3.08. The molecule has 0 N–H and O–H groups in total. The van der Waals surface area contributed by atoms with E-state index in [4.69, 9.17) is 0 Å². The fourth-order valence-corrected chi connectivity index (χ4v) is 1.23. The van der Waals surface area contributed by atoms with E-state index in [-0.39, 0.29) is 8.46 Å². The lowest BCUT2D eigenvalue weighted by Crippen LogP contribution is -1.93. The first-order chi connectivity index (χ1) is 5.34. The molecule has 0 amide bonds. The maximum Gasteiger partial charge on any atom is 0.155 e. The SMILES string of the molecule is Cc1cccnc1CCP=O. The lowest BCUT2D eigenvalue weighted by Gasteiger charge is -1.99. The van der Waals surface area contributed by atoms with Crippen molar-refractivity contribution >= 4 is 8.46 Å². The van der Waals surface area contributed by atoms with Crippen LogP contribution < -0.4 is 0 Å². The molecule has 0 aliphatic heterocycles. The Morgan fingerprint density at radius 2 is 2.45 bits per heavy atom. The third-order valence-corrected chi connectivity index (χ3v) is 1.96. The van der Waals surface area contributed by atoms with Crippen molar-refractivity contribution in [2.45, 2.75) is 13.3 Å². The predicted molar refractivity (Wildman–Crippen MR) is 45.2 cm³/mol. The fourth-order valence-electron chi connectivity index (χ4n) is 0.932. The van der Waals surface area contributed by atoms with Crippen molar-refractivity contribution in [3.63, 3.8) is 0 Å². The molecule has 11 heavy (non-hydrogen) atoms.